The fourth-order valence-corrected chi connectivity index (χ4v) is 5.59. The molecule has 1 atom stereocenters. The van der Waals surface area contributed by atoms with Crippen molar-refractivity contribution in [2.75, 3.05) is 10.8 Å². The van der Waals surface area contributed by atoms with Gasteiger partial charge in [-0.2, -0.15) is 0 Å². The van der Waals surface area contributed by atoms with Gasteiger partial charge in [-0.25, -0.2) is 8.42 Å². The van der Waals surface area contributed by atoms with Gasteiger partial charge in [0.25, 0.3) is 10.0 Å². The van der Waals surface area contributed by atoms with Gasteiger partial charge in [-0.1, -0.05) is 73.2 Å². The summed E-state index contributed by atoms with van der Waals surface area (Å²) in [4.78, 5) is 28.6. The van der Waals surface area contributed by atoms with Crippen LogP contribution in [0.25, 0.3) is 0 Å². The number of benzene rings is 3. The van der Waals surface area contributed by atoms with Gasteiger partial charge in [-0.3, -0.25) is 13.9 Å². The lowest BCUT2D eigenvalue weighted by Gasteiger charge is -2.33. The van der Waals surface area contributed by atoms with Gasteiger partial charge in [0.1, 0.15) is 12.6 Å². The highest BCUT2D eigenvalue weighted by Gasteiger charge is 2.33. The zero-order chi connectivity index (χ0) is 27.0. The number of para-hydroxylation sites is 1. The van der Waals surface area contributed by atoms with E-state index in [0.29, 0.717) is 12.1 Å². The molecule has 3 rings (SSSR count). The fraction of sp³-hybridized carbons (Fsp3) is 0.310. The number of nitrogens with zero attached hydrogens (tertiary/aromatic N) is 2. The van der Waals surface area contributed by atoms with E-state index in [1.807, 2.05) is 52.0 Å². The Morgan fingerprint density at radius 2 is 1.51 bits per heavy atom. The third kappa shape index (κ3) is 7.20. The molecule has 0 unspecified atom stereocenters. The lowest BCUT2D eigenvalue weighted by molar-refractivity contribution is -0.140. The smallest absolute Gasteiger partial charge is 0.264 e. The largest absolute Gasteiger partial charge is 0.352 e. The second kappa shape index (κ2) is 12.5. The van der Waals surface area contributed by atoms with Crippen LogP contribution in [-0.4, -0.2) is 43.8 Å². The Balaban J connectivity index is 2.03. The van der Waals surface area contributed by atoms with Crippen LogP contribution in [-0.2, 0) is 26.2 Å². The molecule has 0 aliphatic carbocycles. The Labute approximate surface area is 220 Å². The fourth-order valence-electron chi connectivity index (χ4n) is 4.15. The molecular formula is C29H35N3O4S. The van der Waals surface area contributed by atoms with Crippen LogP contribution in [0.2, 0.25) is 0 Å². The molecule has 1 N–H and O–H groups in total. The minimum atomic E-state index is -4.05. The van der Waals surface area contributed by atoms with Crippen molar-refractivity contribution >= 4 is 27.5 Å². The number of nitrogens with one attached hydrogen (secondary N) is 1. The third-order valence-electron chi connectivity index (χ3n) is 5.91. The number of amides is 2. The summed E-state index contributed by atoms with van der Waals surface area (Å²) in [6.07, 6.45) is 0.382. The average Bonchev–Trinajstić information content (AvgIpc) is 2.87. The number of sulfonamides is 1. The van der Waals surface area contributed by atoms with Crippen molar-refractivity contribution in [3.05, 3.63) is 96.1 Å². The summed E-state index contributed by atoms with van der Waals surface area (Å²) in [6.45, 7) is 7.26. The van der Waals surface area contributed by atoms with Crippen LogP contribution >= 0.6 is 0 Å². The van der Waals surface area contributed by atoms with Crippen LogP contribution in [0.15, 0.2) is 89.8 Å². The first-order chi connectivity index (χ1) is 17.6. The number of rotatable bonds is 11. The molecule has 0 heterocycles. The van der Waals surface area contributed by atoms with Crippen molar-refractivity contribution in [3.63, 3.8) is 0 Å². The normalized spacial score (nSPS) is 12.1. The third-order valence-corrected chi connectivity index (χ3v) is 7.69. The molecule has 0 bridgehead atoms. The minimum absolute atomic E-state index is 0.0847. The summed E-state index contributed by atoms with van der Waals surface area (Å²) in [6, 6.07) is 23.4. The first-order valence-electron chi connectivity index (χ1n) is 12.4. The Morgan fingerprint density at radius 3 is 2.08 bits per heavy atom. The van der Waals surface area contributed by atoms with Gasteiger partial charge in [0.05, 0.1) is 10.6 Å². The van der Waals surface area contributed by atoms with Gasteiger partial charge in [0.2, 0.25) is 11.8 Å². The van der Waals surface area contributed by atoms with Crippen LogP contribution < -0.4 is 9.62 Å². The lowest BCUT2D eigenvalue weighted by atomic mass is 10.1. The van der Waals surface area contributed by atoms with Crippen molar-refractivity contribution < 1.29 is 18.0 Å². The van der Waals surface area contributed by atoms with Crippen molar-refractivity contribution in [1.29, 1.82) is 0 Å². The number of hydrogen-bond donors (Lipinski definition) is 1. The molecule has 0 aromatic heterocycles. The summed E-state index contributed by atoms with van der Waals surface area (Å²) in [5.74, 6) is -0.730. The minimum Gasteiger partial charge on any atom is -0.352 e. The van der Waals surface area contributed by atoms with E-state index in [2.05, 4.69) is 5.32 Å². The van der Waals surface area contributed by atoms with E-state index in [-0.39, 0.29) is 23.4 Å². The Hall–Kier alpha value is -3.65. The molecule has 0 aliphatic rings. The summed E-state index contributed by atoms with van der Waals surface area (Å²) in [5.41, 5.74) is 2.26. The van der Waals surface area contributed by atoms with Crippen LogP contribution in [0.1, 0.15) is 38.3 Å². The molecule has 8 heteroatoms. The van der Waals surface area contributed by atoms with Gasteiger partial charge in [-0.05, 0) is 57.0 Å². The predicted octanol–water partition coefficient (Wildman–Crippen LogP) is 4.52. The molecule has 0 spiro atoms. The molecule has 0 aliphatic heterocycles. The topological polar surface area (TPSA) is 86.8 Å². The highest BCUT2D eigenvalue weighted by Crippen LogP contribution is 2.24. The van der Waals surface area contributed by atoms with E-state index in [1.165, 1.54) is 17.0 Å². The molecular weight excluding hydrogens is 486 g/mol. The molecule has 196 valence electrons. The lowest BCUT2D eigenvalue weighted by Crippen LogP contribution is -2.53. The first kappa shape index (κ1) is 27.9. The number of hydrogen-bond acceptors (Lipinski definition) is 4. The van der Waals surface area contributed by atoms with Crippen molar-refractivity contribution in [2.45, 2.75) is 57.6 Å². The second-order valence-corrected chi connectivity index (χ2v) is 11.1. The number of aryl methyl sites for hydroxylation is 1. The summed E-state index contributed by atoms with van der Waals surface area (Å²) < 4.78 is 28.5. The molecule has 3 aromatic carbocycles. The monoisotopic (exact) mass is 521 g/mol. The maximum absolute atomic E-state index is 13.9. The van der Waals surface area contributed by atoms with Crippen LogP contribution in [0.5, 0.6) is 0 Å². The van der Waals surface area contributed by atoms with Crippen LogP contribution in [0, 0.1) is 6.92 Å². The number of carbonyl (C=O) groups is 2. The zero-order valence-electron chi connectivity index (χ0n) is 21.8. The van der Waals surface area contributed by atoms with Crippen molar-refractivity contribution in [1.82, 2.24) is 10.2 Å². The predicted molar refractivity (Wildman–Crippen MR) is 147 cm³/mol. The molecule has 3 aromatic rings. The standard InChI is InChI=1S/C29H35N3O4S/c1-5-27(29(34)30-22(2)3)31(20-24-14-12-13-23(4)19-24)28(33)21-32(25-15-8-6-9-16-25)37(35,36)26-17-10-7-11-18-26/h6-19,22,27H,5,20-21H2,1-4H3,(H,30,34)/t27-/m0/s1. The van der Waals surface area contributed by atoms with Gasteiger partial charge < -0.3 is 10.2 Å². The second-order valence-electron chi connectivity index (χ2n) is 9.26. The molecule has 37 heavy (non-hydrogen) atoms. The molecule has 0 saturated heterocycles. The van der Waals surface area contributed by atoms with Crippen molar-refractivity contribution in [2.24, 2.45) is 0 Å². The maximum atomic E-state index is 13.9. The van der Waals surface area contributed by atoms with E-state index < -0.39 is 28.5 Å². The molecule has 2 amide bonds. The SMILES string of the molecule is CC[C@@H](C(=O)NC(C)C)N(Cc1cccc(C)c1)C(=O)CN(c1ccccc1)S(=O)(=O)c1ccccc1. The number of anilines is 1. The van der Waals surface area contributed by atoms with E-state index in [1.54, 1.807) is 48.5 Å². The Bertz CT molecular complexity index is 1290. The first-order valence-corrected chi connectivity index (χ1v) is 13.9. The Morgan fingerprint density at radius 1 is 0.892 bits per heavy atom. The average molecular weight is 522 g/mol. The number of carbonyl (C=O) groups excluding carboxylic acids is 2. The van der Waals surface area contributed by atoms with E-state index in [9.17, 15) is 18.0 Å². The molecule has 0 saturated carbocycles. The van der Waals surface area contributed by atoms with Gasteiger partial charge >= 0.3 is 0 Å². The Kier molecular flexibility index (Phi) is 9.47. The van der Waals surface area contributed by atoms with E-state index >= 15 is 0 Å². The molecule has 7 nitrogen and oxygen atoms in total. The van der Waals surface area contributed by atoms with Gasteiger partial charge in [-0.15, -0.1) is 0 Å². The highest BCUT2D eigenvalue weighted by atomic mass is 32.2. The van der Waals surface area contributed by atoms with Crippen molar-refractivity contribution in [3.8, 4) is 0 Å². The summed E-state index contributed by atoms with van der Waals surface area (Å²) in [5, 5.41) is 2.90. The summed E-state index contributed by atoms with van der Waals surface area (Å²) >= 11 is 0. The van der Waals surface area contributed by atoms with Crippen LogP contribution in [0.3, 0.4) is 0 Å². The van der Waals surface area contributed by atoms with Gasteiger partial charge in [0, 0.05) is 12.6 Å². The van der Waals surface area contributed by atoms with Crippen LogP contribution in [0.4, 0.5) is 5.69 Å². The maximum Gasteiger partial charge on any atom is 0.264 e. The van der Waals surface area contributed by atoms with E-state index in [4.69, 9.17) is 0 Å². The van der Waals surface area contributed by atoms with E-state index in [0.717, 1.165) is 15.4 Å². The molecule has 0 radical (unpaired) electrons. The zero-order valence-corrected chi connectivity index (χ0v) is 22.6. The summed E-state index contributed by atoms with van der Waals surface area (Å²) in [7, 11) is -4.05. The quantitative estimate of drug-likeness (QED) is 0.402. The molecule has 0 fully saturated rings. The highest BCUT2D eigenvalue weighted by molar-refractivity contribution is 7.92. The van der Waals surface area contributed by atoms with Gasteiger partial charge in [0.15, 0.2) is 0 Å².